The van der Waals surface area contributed by atoms with Gasteiger partial charge in [0.2, 0.25) is 0 Å². The van der Waals surface area contributed by atoms with E-state index in [2.05, 4.69) is 6.92 Å². The minimum Gasteiger partial charge on any atom is -0.462 e. The third kappa shape index (κ3) is 13.5. The van der Waals surface area contributed by atoms with Gasteiger partial charge in [-0.25, -0.2) is 0 Å². The summed E-state index contributed by atoms with van der Waals surface area (Å²) >= 11 is 0. The molecule has 0 spiro atoms. The molecule has 0 amide bonds. The SMILES string of the molecule is CCCCCC(=O)O[C@@H](C)COC(=O)CCc1ccc(OC(=O)C[C@@H](C)CC)c(OC(=O)C[C@@H](C)CC)c1N. The lowest BCUT2D eigenvalue weighted by Crippen LogP contribution is -2.22. The number of carbonyl (C=O) groups excluding carboxylic acids is 4. The molecule has 9 nitrogen and oxygen atoms in total. The Morgan fingerprint density at radius 2 is 1.41 bits per heavy atom. The first kappa shape index (κ1) is 33.9. The Balaban J connectivity index is 2.84. The maximum atomic E-state index is 12.5. The summed E-state index contributed by atoms with van der Waals surface area (Å²) in [7, 11) is 0. The van der Waals surface area contributed by atoms with E-state index in [0.717, 1.165) is 32.1 Å². The van der Waals surface area contributed by atoms with Crippen LogP contribution in [-0.4, -0.2) is 36.6 Å². The van der Waals surface area contributed by atoms with Crippen molar-refractivity contribution in [3.8, 4) is 11.5 Å². The summed E-state index contributed by atoms with van der Waals surface area (Å²) in [5.74, 6) is -1.41. The lowest BCUT2D eigenvalue weighted by molar-refractivity contribution is -0.158. The van der Waals surface area contributed by atoms with Crippen LogP contribution in [0.5, 0.6) is 11.5 Å². The van der Waals surface area contributed by atoms with E-state index < -0.39 is 24.0 Å². The zero-order valence-electron chi connectivity index (χ0n) is 24.5. The van der Waals surface area contributed by atoms with Gasteiger partial charge in [0.25, 0.3) is 0 Å². The van der Waals surface area contributed by atoms with Crippen molar-refractivity contribution in [2.24, 2.45) is 11.8 Å². The van der Waals surface area contributed by atoms with Crippen molar-refractivity contribution in [3.05, 3.63) is 17.7 Å². The average Bonchev–Trinajstić information content (AvgIpc) is 2.88. The number of esters is 4. The molecule has 0 aromatic heterocycles. The molecule has 1 rings (SSSR count). The second-order valence-electron chi connectivity index (χ2n) is 10.3. The van der Waals surface area contributed by atoms with Crippen LogP contribution in [0.1, 0.15) is 105 Å². The van der Waals surface area contributed by atoms with Crippen LogP contribution in [0.2, 0.25) is 0 Å². The molecule has 0 aliphatic heterocycles. The minimum atomic E-state index is -0.547. The summed E-state index contributed by atoms with van der Waals surface area (Å²) in [5.41, 5.74) is 7.01. The normalized spacial score (nSPS) is 13.2. The lowest BCUT2D eigenvalue weighted by atomic mass is 10.0. The molecule has 0 bridgehead atoms. The molecular formula is C30H47NO8. The third-order valence-electron chi connectivity index (χ3n) is 6.51. The van der Waals surface area contributed by atoms with E-state index in [0.29, 0.717) is 12.0 Å². The molecule has 0 aliphatic rings. The largest absolute Gasteiger partial charge is 0.462 e. The Bertz CT molecular complexity index is 945. The lowest BCUT2D eigenvalue weighted by Gasteiger charge is -2.17. The van der Waals surface area contributed by atoms with Gasteiger partial charge in [-0.1, -0.05) is 66.4 Å². The molecule has 220 valence electrons. The Morgan fingerprint density at radius 3 is 2.00 bits per heavy atom. The van der Waals surface area contributed by atoms with Gasteiger partial charge in [0.05, 0.1) is 5.69 Å². The highest BCUT2D eigenvalue weighted by Gasteiger charge is 2.22. The minimum absolute atomic E-state index is 0.00870. The van der Waals surface area contributed by atoms with E-state index >= 15 is 0 Å². The Morgan fingerprint density at radius 1 is 0.795 bits per heavy atom. The fourth-order valence-electron chi connectivity index (χ4n) is 3.56. The molecule has 0 saturated carbocycles. The second kappa shape index (κ2) is 18.2. The summed E-state index contributed by atoms with van der Waals surface area (Å²) in [6.07, 6.45) is 4.80. The number of aryl methyl sites for hydroxylation is 1. The predicted molar refractivity (Wildman–Crippen MR) is 149 cm³/mol. The number of rotatable bonds is 18. The number of hydrogen-bond donors (Lipinski definition) is 1. The van der Waals surface area contributed by atoms with Crippen molar-refractivity contribution in [3.63, 3.8) is 0 Å². The van der Waals surface area contributed by atoms with Gasteiger partial charge in [0, 0.05) is 25.7 Å². The molecule has 0 heterocycles. The molecule has 3 atom stereocenters. The number of hydrogen-bond acceptors (Lipinski definition) is 9. The Hall–Kier alpha value is -3.10. The fourth-order valence-corrected chi connectivity index (χ4v) is 3.56. The number of nitrogen functional groups attached to an aromatic ring is 1. The monoisotopic (exact) mass is 549 g/mol. The van der Waals surface area contributed by atoms with E-state index in [1.54, 1.807) is 13.0 Å². The maximum absolute atomic E-state index is 12.5. The first-order valence-electron chi connectivity index (χ1n) is 14.2. The van der Waals surface area contributed by atoms with Gasteiger partial charge in [-0.05, 0) is 43.2 Å². The second-order valence-corrected chi connectivity index (χ2v) is 10.3. The fraction of sp³-hybridized carbons (Fsp3) is 0.667. The number of ether oxygens (including phenoxy) is 4. The summed E-state index contributed by atoms with van der Waals surface area (Å²) in [4.78, 5) is 49.1. The first-order valence-corrected chi connectivity index (χ1v) is 14.2. The smallest absolute Gasteiger partial charge is 0.311 e. The Kier molecular flexibility index (Phi) is 15.9. The molecule has 0 fully saturated rings. The number of nitrogens with two attached hydrogens (primary N) is 1. The van der Waals surface area contributed by atoms with Crippen LogP contribution in [0.3, 0.4) is 0 Å². The van der Waals surface area contributed by atoms with E-state index in [9.17, 15) is 19.2 Å². The van der Waals surface area contributed by atoms with Crippen molar-refractivity contribution in [2.45, 2.75) is 112 Å². The van der Waals surface area contributed by atoms with Crippen LogP contribution in [-0.2, 0) is 35.1 Å². The van der Waals surface area contributed by atoms with Gasteiger partial charge in [-0.3, -0.25) is 19.2 Å². The summed E-state index contributed by atoms with van der Waals surface area (Å²) in [6, 6.07) is 3.17. The van der Waals surface area contributed by atoms with E-state index in [1.807, 2.05) is 27.7 Å². The third-order valence-corrected chi connectivity index (χ3v) is 6.51. The van der Waals surface area contributed by atoms with Crippen molar-refractivity contribution in [1.29, 1.82) is 0 Å². The first-order chi connectivity index (χ1) is 18.5. The standard InChI is InChI=1S/C30H47NO8/c1-7-10-11-12-26(33)37-22(6)19-36-25(32)16-14-23-13-15-24(38-27(34)17-20(4)8-2)30(29(23)31)39-28(35)18-21(5)9-3/h13,15,20-22H,7-12,14,16-19,31H2,1-6H3/t20-,21-,22-/m0/s1. The van der Waals surface area contributed by atoms with Crippen LogP contribution in [0.25, 0.3) is 0 Å². The van der Waals surface area contributed by atoms with E-state index in [1.165, 1.54) is 6.07 Å². The molecule has 0 unspecified atom stereocenters. The molecule has 9 heteroatoms. The van der Waals surface area contributed by atoms with Gasteiger partial charge < -0.3 is 24.7 Å². The summed E-state index contributed by atoms with van der Waals surface area (Å²) < 4.78 is 21.6. The average molecular weight is 550 g/mol. The molecular weight excluding hydrogens is 502 g/mol. The van der Waals surface area contributed by atoms with Gasteiger partial charge in [-0.15, -0.1) is 0 Å². The van der Waals surface area contributed by atoms with E-state index in [-0.39, 0.29) is 67.3 Å². The Labute approximate surface area is 233 Å². The number of anilines is 1. The van der Waals surface area contributed by atoms with Crippen LogP contribution in [0.4, 0.5) is 5.69 Å². The van der Waals surface area contributed by atoms with Gasteiger partial charge in [0.15, 0.2) is 11.5 Å². The van der Waals surface area contributed by atoms with Crippen molar-refractivity contribution < 1.29 is 38.1 Å². The van der Waals surface area contributed by atoms with Crippen LogP contribution < -0.4 is 15.2 Å². The van der Waals surface area contributed by atoms with Crippen molar-refractivity contribution in [2.75, 3.05) is 12.3 Å². The van der Waals surface area contributed by atoms with Gasteiger partial charge in [-0.2, -0.15) is 0 Å². The van der Waals surface area contributed by atoms with Crippen molar-refractivity contribution >= 4 is 29.6 Å². The molecule has 0 aliphatic carbocycles. The highest BCUT2D eigenvalue weighted by atomic mass is 16.6. The zero-order valence-corrected chi connectivity index (χ0v) is 24.5. The maximum Gasteiger partial charge on any atom is 0.311 e. The highest BCUT2D eigenvalue weighted by Crippen LogP contribution is 2.38. The van der Waals surface area contributed by atoms with Crippen molar-refractivity contribution in [1.82, 2.24) is 0 Å². The number of benzene rings is 1. The molecule has 39 heavy (non-hydrogen) atoms. The highest BCUT2D eigenvalue weighted by molar-refractivity contribution is 5.80. The molecule has 0 saturated heterocycles. The quantitative estimate of drug-likeness (QED) is 0.102. The summed E-state index contributed by atoms with van der Waals surface area (Å²) in [5, 5.41) is 0. The molecule has 1 aromatic carbocycles. The molecule has 0 radical (unpaired) electrons. The summed E-state index contributed by atoms with van der Waals surface area (Å²) in [6.45, 7) is 11.5. The van der Waals surface area contributed by atoms with Gasteiger partial charge >= 0.3 is 23.9 Å². The van der Waals surface area contributed by atoms with Gasteiger partial charge in [0.1, 0.15) is 12.7 Å². The predicted octanol–water partition coefficient (Wildman–Crippen LogP) is 5.94. The van der Waals surface area contributed by atoms with E-state index in [4.69, 9.17) is 24.7 Å². The van der Waals surface area contributed by atoms with Crippen LogP contribution in [0, 0.1) is 11.8 Å². The zero-order chi connectivity index (χ0) is 29.4. The molecule has 2 N–H and O–H groups in total. The van der Waals surface area contributed by atoms with Crippen LogP contribution in [0.15, 0.2) is 12.1 Å². The molecule has 1 aromatic rings. The number of unbranched alkanes of at least 4 members (excludes halogenated alkanes) is 2. The van der Waals surface area contributed by atoms with Crippen LogP contribution >= 0.6 is 0 Å². The number of carbonyl (C=O) groups is 4. The topological polar surface area (TPSA) is 131 Å².